The van der Waals surface area contributed by atoms with Crippen molar-refractivity contribution in [3.05, 3.63) is 0 Å². The van der Waals surface area contributed by atoms with Crippen LogP contribution in [0.25, 0.3) is 0 Å². The van der Waals surface area contributed by atoms with Gasteiger partial charge in [-0.15, -0.1) is 0 Å². The molecule has 0 spiro atoms. The first kappa shape index (κ1) is 11.9. The van der Waals surface area contributed by atoms with E-state index in [1.165, 1.54) is 6.42 Å². The van der Waals surface area contributed by atoms with Crippen molar-refractivity contribution < 1.29 is 4.74 Å². The Kier molecular flexibility index (Phi) is 6.39. The van der Waals surface area contributed by atoms with Crippen molar-refractivity contribution in [3.8, 4) is 0 Å². The van der Waals surface area contributed by atoms with Gasteiger partial charge in [0, 0.05) is 12.6 Å². The number of hydrogen-bond donors (Lipinski definition) is 1. The molecular weight excluding hydrogens is 150 g/mol. The van der Waals surface area contributed by atoms with Crippen LogP contribution in [0.5, 0.6) is 0 Å². The molecule has 3 unspecified atom stereocenters. The lowest BCUT2D eigenvalue weighted by atomic mass is 9.97. The Morgan fingerprint density at radius 1 is 1.25 bits per heavy atom. The predicted octanol–water partition coefficient (Wildman–Crippen LogP) is 2.17. The van der Waals surface area contributed by atoms with Crippen molar-refractivity contribution in [3.63, 3.8) is 0 Å². The number of nitrogens with two attached hydrogens (primary N) is 1. The Bertz CT molecular complexity index is 106. The molecule has 0 radical (unpaired) electrons. The van der Waals surface area contributed by atoms with Gasteiger partial charge in [-0.05, 0) is 26.2 Å². The first-order chi connectivity index (χ1) is 5.61. The summed E-state index contributed by atoms with van der Waals surface area (Å²) in [4.78, 5) is 0. The fourth-order valence-electron chi connectivity index (χ4n) is 1.21. The topological polar surface area (TPSA) is 35.2 Å². The minimum atomic E-state index is 0.194. The molecule has 0 bridgehead atoms. The normalized spacial score (nSPS) is 18.8. The molecule has 74 valence electrons. The molecule has 0 aromatic heterocycles. The van der Waals surface area contributed by atoms with Gasteiger partial charge < -0.3 is 10.5 Å². The van der Waals surface area contributed by atoms with Crippen LogP contribution in [0, 0.1) is 5.92 Å². The summed E-state index contributed by atoms with van der Waals surface area (Å²) in [5, 5.41) is 0. The molecule has 0 aromatic rings. The quantitative estimate of drug-likeness (QED) is 0.668. The maximum atomic E-state index is 5.95. The molecule has 0 aromatic carbocycles. The van der Waals surface area contributed by atoms with Crippen LogP contribution < -0.4 is 5.73 Å². The van der Waals surface area contributed by atoms with Crippen molar-refractivity contribution in [2.45, 2.75) is 52.7 Å². The van der Waals surface area contributed by atoms with E-state index in [-0.39, 0.29) is 12.1 Å². The van der Waals surface area contributed by atoms with Gasteiger partial charge in [0.2, 0.25) is 0 Å². The lowest BCUT2D eigenvalue weighted by Crippen LogP contribution is -2.36. The molecule has 0 aliphatic rings. The fourth-order valence-corrected chi connectivity index (χ4v) is 1.21. The van der Waals surface area contributed by atoms with Gasteiger partial charge in [0.25, 0.3) is 0 Å². The minimum absolute atomic E-state index is 0.194. The summed E-state index contributed by atoms with van der Waals surface area (Å²) in [7, 11) is 0. The van der Waals surface area contributed by atoms with E-state index < -0.39 is 0 Å². The Labute approximate surface area is 76.5 Å². The largest absolute Gasteiger partial charge is 0.377 e. The summed E-state index contributed by atoms with van der Waals surface area (Å²) in [6.07, 6.45) is 2.47. The molecule has 2 N–H and O–H groups in total. The van der Waals surface area contributed by atoms with E-state index in [0.717, 1.165) is 13.0 Å². The highest BCUT2D eigenvalue weighted by molar-refractivity contribution is 4.71. The van der Waals surface area contributed by atoms with E-state index in [4.69, 9.17) is 10.5 Å². The predicted molar refractivity (Wildman–Crippen MR) is 53.1 cm³/mol. The van der Waals surface area contributed by atoms with Crippen LogP contribution in [0.4, 0.5) is 0 Å². The van der Waals surface area contributed by atoms with Gasteiger partial charge in [0.1, 0.15) is 0 Å². The van der Waals surface area contributed by atoms with Crippen molar-refractivity contribution in [1.82, 2.24) is 0 Å². The van der Waals surface area contributed by atoms with E-state index in [1.807, 2.05) is 6.92 Å². The molecule has 0 aliphatic heterocycles. The summed E-state index contributed by atoms with van der Waals surface area (Å²) >= 11 is 0. The van der Waals surface area contributed by atoms with Crippen LogP contribution in [-0.2, 0) is 4.74 Å². The summed E-state index contributed by atoms with van der Waals surface area (Å²) in [5.74, 6) is 0.711. The Balaban J connectivity index is 3.62. The molecule has 0 amide bonds. The third-order valence-corrected chi connectivity index (χ3v) is 2.40. The average molecular weight is 173 g/mol. The van der Waals surface area contributed by atoms with Crippen LogP contribution in [-0.4, -0.2) is 18.8 Å². The molecule has 2 heteroatoms. The van der Waals surface area contributed by atoms with E-state index >= 15 is 0 Å². The van der Waals surface area contributed by atoms with Crippen LogP contribution in [0.3, 0.4) is 0 Å². The SMILES string of the molecule is CCOC(C)C(N)CC(C)CC. The zero-order valence-corrected chi connectivity index (χ0v) is 8.84. The monoisotopic (exact) mass is 173 g/mol. The van der Waals surface area contributed by atoms with Crippen LogP contribution >= 0.6 is 0 Å². The fraction of sp³-hybridized carbons (Fsp3) is 1.00. The van der Waals surface area contributed by atoms with E-state index in [2.05, 4.69) is 20.8 Å². The van der Waals surface area contributed by atoms with Crippen molar-refractivity contribution in [1.29, 1.82) is 0 Å². The van der Waals surface area contributed by atoms with Gasteiger partial charge in [-0.3, -0.25) is 0 Å². The number of ether oxygens (including phenoxy) is 1. The van der Waals surface area contributed by atoms with Crippen molar-refractivity contribution in [2.24, 2.45) is 11.7 Å². The summed E-state index contributed by atoms with van der Waals surface area (Å²) in [5.41, 5.74) is 5.95. The van der Waals surface area contributed by atoms with Gasteiger partial charge in [0.05, 0.1) is 6.10 Å². The standard InChI is InChI=1S/C10H23NO/c1-5-8(3)7-10(11)9(4)12-6-2/h8-10H,5-7,11H2,1-4H3. The maximum absolute atomic E-state index is 5.95. The zero-order valence-electron chi connectivity index (χ0n) is 8.84. The van der Waals surface area contributed by atoms with Crippen LogP contribution in [0.1, 0.15) is 40.5 Å². The summed E-state index contributed by atoms with van der Waals surface area (Å²) < 4.78 is 5.42. The Hall–Kier alpha value is -0.0800. The van der Waals surface area contributed by atoms with E-state index in [1.54, 1.807) is 0 Å². The van der Waals surface area contributed by atoms with E-state index in [9.17, 15) is 0 Å². The summed E-state index contributed by atoms with van der Waals surface area (Å²) in [6, 6.07) is 0.194. The molecule has 0 heterocycles. The lowest BCUT2D eigenvalue weighted by Gasteiger charge is -2.22. The second-order valence-corrected chi connectivity index (χ2v) is 3.57. The Morgan fingerprint density at radius 3 is 2.25 bits per heavy atom. The third kappa shape index (κ3) is 4.73. The first-order valence-electron chi connectivity index (χ1n) is 4.98. The summed E-state index contributed by atoms with van der Waals surface area (Å²) in [6.45, 7) is 9.25. The second-order valence-electron chi connectivity index (χ2n) is 3.57. The molecule has 0 saturated carbocycles. The van der Waals surface area contributed by atoms with Gasteiger partial charge in [0.15, 0.2) is 0 Å². The highest BCUT2D eigenvalue weighted by atomic mass is 16.5. The molecule has 0 fully saturated rings. The highest BCUT2D eigenvalue weighted by Crippen LogP contribution is 2.11. The first-order valence-corrected chi connectivity index (χ1v) is 4.98. The molecule has 0 aliphatic carbocycles. The van der Waals surface area contributed by atoms with Gasteiger partial charge in [-0.25, -0.2) is 0 Å². The van der Waals surface area contributed by atoms with Gasteiger partial charge in [-0.2, -0.15) is 0 Å². The molecule has 0 saturated heterocycles. The molecule has 12 heavy (non-hydrogen) atoms. The molecule has 0 rings (SSSR count). The van der Waals surface area contributed by atoms with Gasteiger partial charge in [-0.1, -0.05) is 20.3 Å². The van der Waals surface area contributed by atoms with Crippen LogP contribution in [0.15, 0.2) is 0 Å². The number of rotatable bonds is 6. The zero-order chi connectivity index (χ0) is 9.56. The third-order valence-electron chi connectivity index (χ3n) is 2.40. The Morgan fingerprint density at radius 2 is 1.83 bits per heavy atom. The van der Waals surface area contributed by atoms with Crippen LogP contribution in [0.2, 0.25) is 0 Å². The van der Waals surface area contributed by atoms with Crippen molar-refractivity contribution >= 4 is 0 Å². The smallest absolute Gasteiger partial charge is 0.0697 e. The molecule has 2 nitrogen and oxygen atoms in total. The molecular formula is C10H23NO. The number of hydrogen-bond acceptors (Lipinski definition) is 2. The second kappa shape index (κ2) is 6.44. The molecule has 3 atom stereocenters. The minimum Gasteiger partial charge on any atom is -0.377 e. The van der Waals surface area contributed by atoms with Crippen molar-refractivity contribution in [2.75, 3.05) is 6.61 Å². The lowest BCUT2D eigenvalue weighted by molar-refractivity contribution is 0.0518. The average Bonchev–Trinajstić information content (AvgIpc) is 2.04. The highest BCUT2D eigenvalue weighted by Gasteiger charge is 2.14. The van der Waals surface area contributed by atoms with E-state index in [0.29, 0.717) is 5.92 Å². The maximum Gasteiger partial charge on any atom is 0.0697 e. The van der Waals surface area contributed by atoms with Gasteiger partial charge >= 0.3 is 0 Å².